The highest BCUT2D eigenvalue weighted by molar-refractivity contribution is 5.79. The van der Waals surface area contributed by atoms with Crippen molar-refractivity contribution in [2.45, 2.75) is 25.9 Å². The van der Waals surface area contributed by atoms with Crippen LogP contribution in [0.1, 0.15) is 37.1 Å². The van der Waals surface area contributed by atoms with Gasteiger partial charge in [0.25, 0.3) is 0 Å². The van der Waals surface area contributed by atoms with Gasteiger partial charge < -0.3 is 20.5 Å². The second kappa shape index (κ2) is 8.53. The van der Waals surface area contributed by atoms with E-state index in [-0.39, 0.29) is 23.9 Å². The molecule has 3 atom stereocenters. The van der Waals surface area contributed by atoms with E-state index in [1.807, 2.05) is 62.4 Å². The van der Waals surface area contributed by atoms with Crippen LogP contribution in [0.5, 0.6) is 11.5 Å². The molecule has 0 heterocycles. The van der Waals surface area contributed by atoms with Gasteiger partial charge in [0.1, 0.15) is 0 Å². The molecular weight excluding hydrogens is 316 g/mol. The van der Waals surface area contributed by atoms with Gasteiger partial charge in [-0.3, -0.25) is 4.79 Å². The topological polar surface area (TPSA) is 73.6 Å². The van der Waals surface area contributed by atoms with Crippen molar-refractivity contribution >= 4 is 5.91 Å². The summed E-state index contributed by atoms with van der Waals surface area (Å²) in [6, 6.07) is 14.7. The summed E-state index contributed by atoms with van der Waals surface area (Å²) in [5.74, 6) is 0.864. The fourth-order valence-electron chi connectivity index (χ4n) is 2.68. The summed E-state index contributed by atoms with van der Waals surface area (Å²) >= 11 is 0. The zero-order valence-electron chi connectivity index (χ0n) is 15.2. The Labute approximate surface area is 149 Å². The van der Waals surface area contributed by atoms with Gasteiger partial charge >= 0.3 is 0 Å². The zero-order chi connectivity index (χ0) is 18.4. The van der Waals surface area contributed by atoms with E-state index in [1.165, 1.54) is 0 Å². The van der Waals surface area contributed by atoms with E-state index in [9.17, 15) is 4.79 Å². The van der Waals surface area contributed by atoms with Crippen molar-refractivity contribution in [1.29, 1.82) is 0 Å². The molecule has 0 saturated heterocycles. The lowest BCUT2D eigenvalue weighted by atomic mass is 9.94. The molecule has 2 aromatic rings. The van der Waals surface area contributed by atoms with Gasteiger partial charge in [0.15, 0.2) is 11.5 Å². The summed E-state index contributed by atoms with van der Waals surface area (Å²) in [4.78, 5) is 12.6. The molecule has 25 heavy (non-hydrogen) atoms. The fourth-order valence-corrected chi connectivity index (χ4v) is 2.68. The van der Waals surface area contributed by atoms with Crippen LogP contribution in [0.3, 0.4) is 0 Å². The van der Waals surface area contributed by atoms with Crippen molar-refractivity contribution in [3.63, 3.8) is 0 Å². The number of carbonyl (C=O) groups excluding carboxylic acids is 1. The molecule has 0 aliphatic heterocycles. The SMILES string of the molecule is COc1ccc(C(C)NC(=O)C(C)C(N)c2ccccc2)cc1OC. The molecule has 0 aromatic heterocycles. The predicted molar refractivity (Wildman–Crippen MR) is 98.6 cm³/mol. The number of methoxy groups -OCH3 is 2. The summed E-state index contributed by atoms with van der Waals surface area (Å²) in [7, 11) is 3.18. The molecule has 2 aromatic carbocycles. The van der Waals surface area contributed by atoms with Crippen molar-refractivity contribution in [3.05, 3.63) is 59.7 Å². The Morgan fingerprint density at radius 1 is 0.960 bits per heavy atom. The van der Waals surface area contributed by atoms with Gasteiger partial charge in [0.05, 0.1) is 26.2 Å². The number of nitrogens with one attached hydrogen (secondary N) is 1. The Hall–Kier alpha value is -2.53. The number of hydrogen-bond donors (Lipinski definition) is 2. The van der Waals surface area contributed by atoms with Gasteiger partial charge in [0, 0.05) is 6.04 Å². The van der Waals surface area contributed by atoms with Crippen LogP contribution in [-0.2, 0) is 4.79 Å². The van der Waals surface area contributed by atoms with Crippen LogP contribution in [0, 0.1) is 5.92 Å². The third-order valence-corrected chi connectivity index (χ3v) is 4.40. The Morgan fingerprint density at radius 3 is 2.20 bits per heavy atom. The van der Waals surface area contributed by atoms with Crippen molar-refractivity contribution in [2.24, 2.45) is 11.7 Å². The molecule has 5 nitrogen and oxygen atoms in total. The lowest BCUT2D eigenvalue weighted by Gasteiger charge is -2.23. The lowest BCUT2D eigenvalue weighted by molar-refractivity contribution is -0.125. The normalized spacial score (nSPS) is 14.3. The highest BCUT2D eigenvalue weighted by Crippen LogP contribution is 2.30. The van der Waals surface area contributed by atoms with Crippen LogP contribution in [0.4, 0.5) is 0 Å². The van der Waals surface area contributed by atoms with Crippen molar-refractivity contribution in [1.82, 2.24) is 5.32 Å². The third-order valence-electron chi connectivity index (χ3n) is 4.40. The zero-order valence-corrected chi connectivity index (χ0v) is 15.2. The van der Waals surface area contributed by atoms with Gasteiger partial charge in [-0.15, -0.1) is 0 Å². The van der Waals surface area contributed by atoms with E-state index in [0.29, 0.717) is 11.5 Å². The van der Waals surface area contributed by atoms with E-state index in [1.54, 1.807) is 14.2 Å². The molecule has 5 heteroatoms. The molecule has 0 radical (unpaired) electrons. The number of amides is 1. The van der Waals surface area contributed by atoms with Gasteiger partial charge in [0.2, 0.25) is 5.91 Å². The van der Waals surface area contributed by atoms with Crippen molar-refractivity contribution < 1.29 is 14.3 Å². The molecule has 1 amide bonds. The Morgan fingerprint density at radius 2 is 1.60 bits per heavy atom. The van der Waals surface area contributed by atoms with Gasteiger partial charge in [-0.25, -0.2) is 0 Å². The number of rotatable bonds is 7. The lowest BCUT2D eigenvalue weighted by Crippen LogP contribution is -2.36. The highest BCUT2D eigenvalue weighted by Gasteiger charge is 2.23. The Kier molecular flexibility index (Phi) is 6.42. The minimum absolute atomic E-state index is 0.0846. The first kappa shape index (κ1) is 18.8. The molecule has 3 unspecified atom stereocenters. The average molecular weight is 342 g/mol. The van der Waals surface area contributed by atoms with Gasteiger partial charge in [-0.1, -0.05) is 43.3 Å². The first-order chi connectivity index (χ1) is 12.0. The minimum Gasteiger partial charge on any atom is -0.493 e. The first-order valence-corrected chi connectivity index (χ1v) is 8.30. The summed E-state index contributed by atoms with van der Waals surface area (Å²) in [5.41, 5.74) is 8.12. The second-order valence-electron chi connectivity index (χ2n) is 6.07. The molecule has 0 fully saturated rings. The predicted octanol–water partition coefficient (Wildman–Crippen LogP) is 3.22. The number of carbonyl (C=O) groups is 1. The number of hydrogen-bond acceptors (Lipinski definition) is 4. The second-order valence-corrected chi connectivity index (χ2v) is 6.07. The number of ether oxygens (including phenoxy) is 2. The maximum absolute atomic E-state index is 12.6. The van der Waals surface area contributed by atoms with E-state index < -0.39 is 0 Å². The summed E-state index contributed by atoms with van der Waals surface area (Å²) in [5, 5.41) is 3.02. The van der Waals surface area contributed by atoms with Crippen LogP contribution in [0.25, 0.3) is 0 Å². The molecule has 0 bridgehead atoms. The summed E-state index contributed by atoms with van der Waals surface area (Å²) in [6.45, 7) is 3.77. The minimum atomic E-state index is -0.348. The highest BCUT2D eigenvalue weighted by atomic mass is 16.5. The number of benzene rings is 2. The fraction of sp³-hybridized carbons (Fsp3) is 0.350. The van der Waals surface area contributed by atoms with E-state index in [2.05, 4.69) is 5.32 Å². The van der Waals surface area contributed by atoms with E-state index in [4.69, 9.17) is 15.2 Å². The number of nitrogens with two attached hydrogens (primary N) is 1. The van der Waals surface area contributed by atoms with Crippen LogP contribution >= 0.6 is 0 Å². The average Bonchev–Trinajstić information content (AvgIpc) is 2.66. The van der Waals surface area contributed by atoms with Crippen molar-refractivity contribution in [2.75, 3.05) is 14.2 Å². The molecule has 0 saturated carbocycles. The molecule has 134 valence electrons. The Bertz CT molecular complexity index is 703. The molecule has 0 aliphatic rings. The third kappa shape index (κ3) is 4.51. The van der Waals surface area contributed by atoms with Crippen LogP contribution in [0.2, 0.25) is 0 Å². The standard InChI is InChI=1S/C20H26N2O3/c1-13(19(21)15-8-6-5-7-9-15)20(23)22-14(2)16-10-11-17(24-3)18(12-16)25-4/h5-14,19H,21H2,1-4H3,(H,22,23). The largest absolute Gasteiger partial charge is 0.493 e. The quantitative estimate of drug-likeness (QED) is 0.810. The maximum atomic E-state index is 12.6. The van der Waals surface area contributed by atoms with Gasteiger partial charge in [-0.2, -0.15) is 0 Å². The van der Waals surface area contributed by atoms with Crippen molar-refractivity contribution in [3.8, 4) is 11.5 Å². The van der Waals surface area contributed by atoms with Gasteiger partial charge in [-0.05, 0) is 30.2 Å². The molecular formula is C20H26N2O3. The smallest absolute Gasteiger partial charge is 0.225 e. The molecule has 0 spiro atoms. The van der Waals surface area contributed by atoms with E-state index >= 15 is 0 Å². The molecule has 3 N–H and O–H groups in total. The van der Waals surface area contributed by atoms with Crippen LogP contribution in [0.15, 0.2) is 48.5 Å². The monoisotopic (exact) mass is 342 g/mol. The van der Waals surface area contributed by atoms with Crippen LogP contribution < -0.4 is 20.5 Å². The molecule has 2 rings (SSSR count). The van der Waals surface area contributed by atoms with Crippen LogP contribution in [-0.4, -0.2) is 20.1 Å². The summed E-state index contributed by atoms with van der Waals surface area (Å²) < 4.78 is 10.6. The Balaban J connectivity index is 2.06. The maximum Gasteiger partial charge on any atom is 0.225 e. The van der Waals surface area contributed by atoms with E-state index in [0.717, 1.165) is 11.1 Å². The first-order valence-electron chi connectivity index (χ1n) is 8.30. The molecule has 0 aliphatic carbocycles. The summed E-state index contributed by atoms with van der Waals surface area (Å²) in [6.07, 6.45) is 0.